The van der Waals surface area contributed by atoms with Crippen LogP contribution < -0.4 is 4.74 Å². The second-order valence-electron chi connectivity index (χ2n) is 14.7. The standard InChI is InChI=1S/C49H37N5O/c1-49(2,3)36-24-25-51-47(26-36)54-45-21-12-11-18-43(45)44-23-22-39(30-46(44)54)55-40-28-37(50-4)27-38(29-40)53-32-35(31-52-53)48-41(33-14-7-5-8-15-33)19-13-20-42(48)34-16-9-6-10-17-34/h5-32H,1-3H3. The Morgan fingerprint density at radius 1 is 0.618 bits per heavy atom. The molecular formula is C49H37N5O. The summed E-state index contributed by atoms with van der Waals surface area (Å²) in [5, 5.41) is 7.09. The van der Waals surface area contributed by atoms with Crippen LogP contribution in [0.1, 0.15) is 26.3 Å². The lowest BCUT2D eigenvalue weighted by atomic mass is 9.88. The molecule has 0 saturated carbocycles. The monoisotopic (exact) mass is 711 g/mol. The highest BCUT2D eigenvalue weighted by Crippen LogP contribution is 2.41. The van der Waals surface area contributed by atoms with Crippen molar-refractivity contribution in [1.29, 1.82) is 0 Å². The lowest BCUT2D eigenvalue weighted by Gasteiger charge is -2.20. The first-order chi connectivity index (χ1) is 26.8. The molecule has 0 spiro atoms. The van der Waals surface area contributed by atoms with Crippen LogP contribution in [-0.4, -0.2) is 19.3 Å². The fourth-order valence-electron chi connectivity index (χ4n) is 7.40. The predicted molar refractivity (Wildman–Crippen MR) is 223 cm³/mol. The molecule has 6 heteroatoms. The number of nitrogens with zero attached hydrogens (tertiary/aromatic N) is 5. The lowest BCUT2D eigenvalue weighted by molar-refractivity contribution is 0.483. The summed E-state index contributed by atoms with van der Waals surface area (Å²) in [6.45, 7) is 14.6. The van der Waals surface area contributed by atoms with Crippen LogP contribution in [0.5, 0.6) is 11.5 Å². The highest BCUT2D eigenvalue weighted by molar-refractivity contribution is 6.09. The predicted octanol–water partition coefficient (Wildman–Crippen LogP) is 13.0. The molecular weight excluding hydrogens is 675 g/mol. The minimum atomic E-state index is -0.0266. The summed E-state index contributed by atoms with van der Waals surface area (Å²) < 4.78 is 10.6. The molecule has 55 heavy (non-hydrogen) atoms. The van der Waals surface area contributed by atoms with Crippen LogP contribution in [0.15, 0.2) is 170 Å². The van der Waals surface area contributed by atoms with Gasteiger partial charge >= 0.3 is 0 Å². The molecule has 0 aliphatic heterocycles. The average molecular weight is 712 g/mol. The highest BCUT2D eigenvalue weighted by atomic mass is 16.5. The first kappa shape index (κ1) is 33.6. The molecule has 264 valence electrons. The Morgan fingerprint density at radius 2 is 1.31 bits per heavy atom. The van der Waals surface area contributed by atoms with E-state index >= 15 is 0 Å². The smallest absolute Gasteiger partial charge is 0.193 e. The molecule has 0 aliphatic carbocycles. The summed E-state index contributed by atoms with van der Waals surface area (Å²) in [4.78, 5) is 8.63. The summed E-state index contributed by atoms with van der Waals surface area (Å²) in [6, 6.07) is 51.6. The maximum atomic E-state index is 7.95. The fraction of sp³-hybridized carbons (Fsp3) is 0.0816. The molecule has 0 fully saturated rings. The molecule has 9 aromatic rings. The number of para-hydroxylation sites is 1. The minimum absolute atomic E-state index is 0.0266. The van der Waals surface area contributed by atoms with Gasteiger partial charge in [0.2, 0.25) is 0 Å². The molecule has 0 N–H and O–H groups in total. The molecule has 6 aromatic carbocycles. The third-order valence-corrected chi connectivity index (χ3v) is 10.1. The topological polar surface area (TPSA) is 49.2 Å². The maximum absolute atomic E-state index is 7.95. The quantitative estimate of drug-likeness (QED) is 0.155. The van der Waals surface area contributed by atoms with Crippen LogP contribution in [0, 0.1) is 6.57 Å². The molecule has 9 rings (SSSR count). The number of fused-ring (bicyclic) bond motifs is 3. The number of hydrogen-bond donors (Lipinski definition) is 0. The number of benzene rings is 6. The Morgan fingerprint density at radius 3 is 2.02 bits per heavy atom. The SMILES string of the molecule is [C-]#[N+]c1cc(Oc2ccc3c4ccccc4n(-c4cc(C(C)(C)C)ccn4)c3c2)cc(-n2cc(-c3c(-c4ccccc4)cccc3-c3ccccc3)cn2)c1. The van der Waals surface area contributed by atoms with E-state index in [4.69, 9.17) is 21.4 Å². The van der Waals surface area contributed by atoms with E-state index in [2.05, 4.69) is 145 Å². The second kappa shape index (κ2) is 13.6. The normalized spacial score (nSPS) is 11.5. The molecule has 0 atom stereocenters. The number of rotatable bonds is 7. The molecule has 0 saturated heterocycles. The van der Waals surface area contributed by atoms with E-state index in [-0.39, 0.29) is 5.41 Å². The van der Waals surface area contributed by atoms with E-state index in [0.29, 0.717) is 17.2 Å². The Hall–Kier alpha value is -7.23. The fourth-order valence-corrected chi connectivity index (χ4v) is 7.40. The van der Waals surface area contributed by atoms with Gasteiger partial charge in [0.25, 0.3) is 0 Å². The van der Waals surface area contributed by atoms with E-state index in [1.54, 1.807) is 6.07 Å². The van der Waals surface area contributed by atoms with Gasteiger partial charge in [-0.2, -0.15) is 5.10 Å². The Balaban J connectivity index is 1.12. The van der Waals surface area contributed by atoms with Crippen LogP contribution in [0.3, 0.4) is 0 Å². The number of pyridine rings is 1. The highest BCUT2D eigenvalue weighted by Gasteiger charge is 2.19. The molecule has 0 amide bonds. The Labute approximate surface area is 320 Å². The summed E-state index contributed by atoms with van der Waals surface area (Å²) in [7, 11) is 0. The van der Waals surface area contributed by atoms with Crippen LogP contribution in [0.2, 0.25) is 0 Å². The van der Waals surface area contributed by atoms with Crippen molar-refractivity contribution < 1.29 is 4.74 Å². The zero-order valence-corrected chi connectivity index (χ0v) is 30.8. The van der Waals surface area contributed by atoms with Crippen LogP contribution >= 0.6 is 0 Å². The first-order valence-electron chi connectivity index (χ1n) is 18.3. The summed E-state index contributed by atoms with van der Waals surface area (Å²) >= 11 is 0. The first-order valence-corrected chi connectivity index (χ1v) is 18.3. The zero-order chi connectivity index (χ0) is 37.5. The summed E-state index contributed by atoms with van der Waals surface area (Å²) in [5.41, 5.74) is 11.0. The second-order valence-corrected chi connectivity index (χ2v) is 14.7. The van der Waals surface area contributed by atoms with Gasteiger partial charge in [-0.05, 0) is 75.7 Å². The third kappa shape index (κ3) is 6.32. The largest absolute Gasteiger partial charge is 0.459 e. The van der Waals surface area contributed by atoms with Crippen LogP contribution in [0.25, 0.3) is 71.5 Å². The Bertz CT molecular complexity index is 2830. The van der Waals surface area contributed by atoms with Gasteiger partial charge in [-0.1, -0.05) is 118 Å². The van der Waals surface area contributed by atoms with Crippen molar-refractivity contribution in [2.75, 3.05) is 0 Å². The molecule has 3 aromatic heterocycles. The van der Waals surface area contributed by atoms with Gasteiger partial charge < -0.3 is 4.74 Å². The maximum Gasteiger partial charge on any atom is 0.193 e. The van der Waals surface area contributed by atoms with Crippen molar-refractivity contribution in [1.82, 2.24) is 19.3 Å². The van der Waals surface area contributed by atoms with Crippen molar-refractivity contribution in [3.63, 3.8) is 0 Å². The summed E-state index contributed by atoms with van der Waals surface area (Å²) in [5.74, 6) is 2.05. The Kier molecular flexibility index (Phi) is 8.33. The van der Waals surface area contributed by atoms with Crippen molar-refractivity contribution in [2.24, 2.45) is 0 Å². The van der Waals surface area contributed by atoms with E-state index in [9.17, 15) is 0 Å². The number of aromatic nitrogens is 4. The van der Waals surface area contributed by atoms with Gasteiger partial charge in [-0.15, -0.1) is 0 Å². The molecule has 0 unspecified atom stereocenters. The van der Waals surface area contributed by atoms with Gasteiger partial charge in [0.1, 0.15) is 17.3 Å². The van der Waals surface area contributed by atoms with Gasteiger partial charge in [-0.25, -0.2) is 14.5 Å². The zero-order valence-electron chi connectivity index (χ0n) is 30.8. The molecule has 3 heterocycles. The minimum Gasteiger partial charge on any atom is -0.459 e. The van der Waals surface area contributed by atoms with Crippen LogP contribution in [-0.2, 0) is 5.41 Å². The number of hydrogen-bond acceptors (Lipinski definition) is 3. The van der Waals surface area contributed by atoms with Crippen molar-refractivity contribution in [3.05, 3.63) is 187 Å². The molecule has 0 radical (unpaired) electrons. The van der Waals surface area contributed by atoms with Crippen molar-refractivity contribution >= 4 is 27.5 Å². The van der Waals surface area contributed by atoms with Crippen molar-refractivity contribution in [3.8, 4) is 56.4 Å². The number of ether oxygens (including phenoxy) is 1. The summed E-state index contributed by atoms with van der Waals surface area (Å²) in [6.07, 6.45) is 5.82. The molecule has 0 aliphatic rings. The van der Waals surface area contributed by atoms with E-state index < -0.39 is 0 Å². The molecule has 0 bridgehead atoms. The van der Waals surface area contributed by atoms with Crippen LogP contribution in [0.4, 0.5) is 5.69 Å². The van der Waals surface area contributed by atoms with E-state index in [1.807, 2.05) is 53.6 Å². The third-order valence-electron chi connectivity index (χ3n) is 10.1. The molecule has 6 nitrogen and oxygen atoms in total. The van der Waals surface area contributed by atoms with Gasteiger partial charge in [0.05, 0.1) is 29.5 Å². The van der Waals surface area contributed by atoms with Crippen molar-refractivity contribution in [2.45, 2.75) is 26.2 Å². The van der Waals surface area contributed by atoms with Gasteiger partial charge in [0, 0.05) is 46.4 Å². The average Bonchev–Trinajstić information content (AvgIpc) is 3.84. The lowest BCUT2D eigenvalue weighted by Crippen LogP contribution is -2.12. The van der Waals surface area contributed by atoms with Gasteiger partial charge in [0.15, 0.2) is 5.69 Å². The van der Waals surface area contributed by atoms with E-state index in [0.717, 1.165) is 66.7 Å². The van der Waals surface area contributed by atoms with Gasteiger partial charge in [-0.3, -0.25) is 4.57 Å². The van der Waals surface area contributed by atoms with E-state index in [1.165, 1.54) is 5.56 Å².